The Kier molecular flexibility index (Phi) is 5.14. The highest BCUT2D eigenvalue weighted by atomic mass is 35.5. The predicted molar refractivity (Wildman–Crippen MR) is 100 cm³/mol. The van der Waals surface area contributed by atoms with Gasteiger partial charge < -0.3 is 10.2 Å². The number of halogens is 2. The van der Waals surface area contributed by atoms with Gasteiger partial charge in [-0.3, -0.25) is 14.4 Å². The Bertz CT molecular complexity index is 915. The van der Waals surface area contributed by atoms with Gasteiger partial charge in [-0.2, -0.15) is 0 Å². The van der Waals surface area contributed by atoms with Crippen LogP contribution < -0.4 is 10.2 Å². The number of nitrogens with zero attached hydrogens (tertiary/aromatic N) is 2. The third-order valence-corrected chi connectivity index (χ3v) is 4.48. The van der Waals surface area contributed by atoms with E-state index in [-0.39, 0.29) is 23.0 Å². The SMILES string of the molecule is CN(C)C(=O)c1ccc(N[C@@H]2CC(=O)N(c3ccc(F)c(Cl)c3)C2=O)cc1. The number of imide groups is 1. The van der Waals surface area contributed by atoms with E-state index in [0.717, 1.165) is 11.0 Å². The monoisotopic (exact) mass is 389 g/mol. The maximum atomic E-state index is 13.3. The molecule has 3 amide bonds. The Morgan fingerprint density at radius 1 is 1.19 bits per heavy atom. The number of amides is 3. The van der Waals surface area contributed by atoms with Crippen molar-refractivity contribution in [2.45, 2.75) is 12.5 Å². The molecule has 1 aliphatic rings. The molecule has 1 saturated heterocycles. The van der Waals surface area contributed by atoms with Crippen molar-refractivity contribution in [3.05, 3.63) is 58.9 Å². The fourth-order valence-corrected chi connectivity index (χ4v) is 2.98. The number of benzene rings is 2. The van der Waals surface area contributed by atoms with E-state index in [2.05, 4.69) is 5.32 Å². The van der Waals surface area contributed by atoms with Gasteiger partial charge in [0.15, 0.2) is 0 Å². The van der Waals surface area contributed by atoms with Crippen LogP contribution in [0.15, 0.2) is 42.5 Å². The lowest BCUT2D eigenvalue weighted by molar-refractivity contribution is -0.121. The summed E-state index contributed by atoms with van der Waals surface area (Å²) in [6.07, 6.45) is -0.0355. The third kappa shape index (κ3) is 3.78. The molecule has 2 aromatic rings. The second-order valence-electron chi connectivity index (χ2n) is 6.34. The molecule has 8 heteroatoms. The fraction of sp³-hybridized carbons (Fsp3) is 0.211. The minimum Gasteiger partial charge on any atom is -0.373 e. The average Bonchev–Trinajstić information content (AvgIpc) is 2.91. The Morgan fingerprint density at radius 2 is 1.85 bits per heavy atom. The van der Waals surface area contributed by atoms with E-state index < -0.39 is 23.7 Å². The lowest BCUT2D eigenvalue weighted by Crippen LogP contribution is -2.34. The second-order valence-corrected chi connectivity index (χ2v) is 6.75. The van der Waals surface area contributed by atoms with Crippen LogP contribution in [0.25, 0.3) is 0 Å². The maximum Gasteiger partial charge on any atom is 0.256 e. The Morgan fingerprint density at radius 3 is 2.44 bits per heavy atom. The predicted octanol–water partition coefficient (Wildman–Crippen LogP) is 2.92. The van der Waals surface area contributed by atoms with Crippen LogP contribution in [0, 0.1) is 5.82 Å². The van der Waals surface area contributed by atoms with Gasteiger partial charge in [-0.1, -0.05) is 11.6 Å². The lowest BCUT2D eigenvalue weighted by atomic mass is 10.1. The standard InChI is InChI=1S/C19H17ClFN3O3/c1-23(2)18(26)11-3-5-12(6-4-11)22-16-10-17(25)24(19(16)27)13-7-8-15(21)14(20)9-13/h3-9,16,22H,10H2,1-2H3/t16-/m1/s1. The van der Waals surface area contributed by atoms with E-state index >= 15 is 0 Å². The van der Waals surface area contributed by atoms with E-state index in [4.69, 9.17) is 11.6 Å². The van der Waals surface area contributed by atoms with Crippen molar-refractivity contribution in [3.8, 4) is 0 Å². The van der Waals surface area contributed by atoms with Gasteiger partial charge >= 0.3 is 0 Å². The van der Waals surface area contributed by atoms with Gasteiger partial charge in [0.25, 0.3) is 11.8 Å². The zero-order valence-electron chi connectivity index (χ0n) is 14.7. The lowest BCUT2D eigenvalue weighted by Gasteiger charge is -2.17. The van der Waals surface area contributed by atoms with Gasteiger partial charge in [-0.15, -0.1) is 0 Å². The summed E-state index contributed by atoms with van der Waals surface area (Å²) in [7, 11) is 3.32. The number of anilines is 2. The molecule has 0 saturated carbocycles. The summed E-state index contributed by atoms with van der Waals surface area (Å²) in [5, 5.41) is 2.84. The van der Waals surface area contributed by atoms with Crippen molar-refractivity contribution in [2.75, 3.05) is 24.3 Å². The average molecular weight is 390 g/mol. The van der Waals surface area contributed by atoms with Crippen LogP contribution in [0.4, 0.5) is 15.8 Å². The molecule has 27 heavy (non-hydrogen) atoms. The second kappa shape index (κ2) is 7.36. The summed E-state index contributed by atoms with van der Waals surface area (Å²) in [5.74, 6) is -1.61. The summed E-state index contributed by atoms with van der Waals surface area (Å²) in [6.45, 7) is 0. The quantitative estimate of drug-likeness (QED) is 0.816. The summed E-state index contributed by atoms with van der Waals surface area (Å²) < 4.78 is 13.3. The van der Waals surface area contributed by atoms with Crippen LogP contribution in [0.5, 0.6) is 0 Å². The molecule has 1 heterocycles. The van der Waals surface area contributed by atoms with Crippen LogP contribution in [0.3, 0.4) is 0 Å². The van der Waals surface area contributed by atoms with Crippen molar-refractivity contribution in [1.29, 1.82) is 0 Å². The van der Waals surface area contributed by atoms with Crippen molar-refractivity contribution in [1.82, 2.24) is 4.90 Å². The van der Waals surface area contributed by atoms with Gasteiger partial charge in [-0.25, -0.2) is 9.29 Å². The molecule has 0 aliphatic carbocycles. The summed E-state index contributed by atoms with van der Waals surface area (Å²) in [5.41, 5.74) is 1.35. The smallest absolute Gasteiger partial charge is 0.256 e. The minimum absolute atomic E-state index is 0.0355. The molecular weight excluding hydrogens is 373 g/mol. The third-order valence-electron chi connectivity index (χ3n) is 4.19. The number of hydrogen-bond donors (Lipinski definition) is 1. The normalized spacial score (nSPS) is 16.6. The van der Waals surface area contributed by atoms with Crippen molar-refractivity contribution in [2.24, 2.45) is 0 Å². The van der Waals surface area contributed by atoms with Gasteiger partial charge in [-0.05, 0) is 42.5 Å². The molecule has 6 nitrogen and oxygen atoms in total. The minimum atomic E-state index is -0.753. The zero-order valence-corrected chi connectivity index (χ0v) is 15.5. The van der Waals surface area contributed by atoms with Crippen molar-refractivity contribution >= 4 is 40.7 Å². The van der Waals surface area contributed by atoms with Gasteiger partial charge in [0.1, 0.15) is 11.9 Å². The first-order chi connectivity index (χ1) is 12.8. The highest BCUT2D eigenvalue weighted by Gasteiger charge is 2.39. The number of carbonyl (C=O) groups excluding carboxylic acids is 3. The molecule has 0 radical (unpaired) electrons. The number of carbonyl (C=O) groups is 3. The molecule has 1 atom stereocenters. The van der Waals surface area contributed by atoms with Gasteiger partial charge in [0.05, 0.1) is 17.1 Å². The summed E-state index contributed by atoms with van der Waals surface area (Å²) in [6, 6.07) is 9.57. The first-order valence-electron chi connectivity index (χ1n) is 8.18. The van der Waals surface area contributed by atoms with E-state index in [1.165, 1.54) is 17.0 Å². The first-order valence-corrected chi connectivity index (χ1v) is 8.56. The Balaban J connectivity index is 1.75. The molecule has 2 aromatic carbocycles. The molecule has 0 aromatic heterocycles. The van der Waals surface area contributed by atoms with E-state index in [1.54, 1.807) is 38.4 Å². The van der Waals surface area contributed by atoms with Crippen LogP contribution in [0.1, 0.15) is 16.8 Å². The summed E-state index contributed by atoms with van der Waals surface area (Å²) >= 11 is 5.75. The van der Waals surface area contributed by atoms with Crippen molar-refractivity contribution in [3.63, 3.8) is 0 Å². The van der Waals surface area contributed by atoms with Crippen LogP contribution in [-0.4, -0.2) is 42.8 Å². The molecule has 1 fully saturated rings. The van der Waals surface area contributed by atoms with Gasteiger partial charge in [0.2, 0.25) is 5.91 Å². The summed E-state index contributed by atoms with van der Waals surface area (Å²) in [4.78, 5) is 39.3. The molecule has 1 N–H and O–H groups in total. The molecule has 0 bridgehead atoms. The molecule has 0 unspecified atom stereocenters. The largest absolute Gasteiger partial charge is 0.373 e. The molecule has 140 valence electrons. The van der Waals surface area contributed by atoms with E-state index in [9.17, 15) is 18.8 Å². The fourth-order valence-electron chi connectivity index (χ4n) is 2.81. The number of nitrogens with one attached hydrogen (secondary N) is 1. The van der Waals surface area contributed by atoms with Gasteiger partial charge in [0, 0.05) is 25.3 Å². The van der Waals surface area contributed by atoms with Crippen molar-refractivity contribution < 1.29 is 18.8 Å². The zero-order chi connectivity index (χ0) is 19.7. The molecule has 1 aliphatic heterocycles. The van der Waals surface area contributed by atoms with Crippen LogP contribution in [0.2, 0.25) is 5.02 Å². The number of hydrogen-bond acceptors (Lipinski definition) is 4. The van der Waals surface area contributed by atoms with E-state index in [1.807, 2.05) is 0 Å². The van der Waals surface area contributed by atoms with Crippen LogP contribution in [-0.2, 0) is 9.59 Å². The maximum absolute atomic E-state index is 13.3. The topological polar surface area (TPSA) is 69.7 Å². The van der Waals surface area contributed by atoms with E-state index in [0.29, 0.717) is 11.3 Å². The Hall–Kier alpha value is -2.93. The molecule has 3 rings (SSSR count). The first kappa shape index (κ1) is 18.8. The highest BCUT2D eigenvalue weighted by molar-refractivity contribution is 6.31. The highest BCUT2D eigenvalue weighted by Crippen LogP contribution is 2.28. The van der Waals surface area contributed by atoms with Crippen LogP contribution >= 0.6 is 11.6 Å². The molecular formula is C19H17ClFN3O3. The number of rotatable bonds is 4. The Labute approximate surface area is 160 Å². The molecule has 0 spiro atoms.